The van der Waals surface area contributed by atoms with E-state index in [1.165, 1.54) is 0 Å². The maximum absolute atomic E-state index is 5.86. The van der Waals surface area contributed by atoms with Gasteiger partial charge in [0.1, 0.15) is 0 Å². The predicted octanol–water partition coefficient (Wildman–Crippen LogP) is 6.21. The third-order valence-electron chi connectivity index (χ3n) is 4.12. The zero-order valence-corrected chi connectivity index (χ0v) is 17.2. The monoisotopic (exact) mass is 378 g/mol. The van der Waals surface area contributed by atoms with E-state index in [0.29, 0.717) is 6.61 Å². The number of rotatable bonds is 18. The van der Waals surface area contributed by atoms with Crippen molar-refractivity contribution >= 4 is 0 Å². The van der Waals surface area contributed by atoms with Crippen molar-refractivity contribution < 1.29 is 18.9 Å². The molecular formula is C23H38O4. The van der Waals surface area contributed by atoms with Crippen LogP contribution in [0.15, 0.2) is 42.7 Å². The van der Waals surface area contributed by atoms with E-state index in [9.17, 15) is 0 Å². The summed E-state index contributed by atoms with van der Waals surface area (Å²) in [5.41, 5.74) is 1.15. The molecule has 0 spiro atoms. The second-order valence-electron chi connectivity index (χ2n) is 6.65. The number of ether oxygens (including phenoxy) is 4. The quantitative estimate of drug-likeness (QED) is 0.173. The number of benzene rings is 1. The smallest absolute Gasteiger partial charge is 0.188 e. The predicted molar refractivity (Wildman–Crippen MR) is 110 cm³/mol. The molecule has 0 saturated carbocycles. The number of hydrogen-bond donors (Lipinski definition) is 0. The zero-order chi connectivity index (χ0) is 19.4. The number of hydrogen-bond acceptors (Lipinski definition) is 4. The maximum atomic E-state index is 5.86. The van der Waals surface area contributed by atoms with Crippen molar-refractivity contribution in [2.75, 3.05) is 20.0 Å². The van der Waals surface area contributed by atoms with Gasteiger partial charge in [0.05, 0.1) is 12.9 Å². The molecule has 0 radical (unpaired) electrons. The molecule has 4 nitrogen and oxygen atoms in total. The molecule has 0 aromatic heterocycles. The van der Waals surface area contributed by atoms with E-state index in [1.807, 2.05) is 30.3 Å². The van der Waals surface area contributed by atoms with Crippen LogP contribution in [0.3, 0.4) is 0 Å². The van der Waals surface area contributed by atoms with E-state index < -0.39 is 0 Å². The molecule has 27 heavy (non-hydrogen) atoms. The fraction of sp³-hybridized carbons (Fsp3) is 0.652. The summed E-state index contributed by atoms with van der Waals surface area (Å²) in [5, 5.41) is 0. The van der Waals surface area contributed by atoms with Crippen LogP contribution in [0.2, 0.25) is 0 Å². The molecular weight excluding hydrogens is 340 g/mol. The minimum Gasteiger partial charge on any atom is -0.475 e. The highest BCUT2D eigenvalue weighted by Crippen LogP contribution is 2.11. The summed E-state index contributed by atoms with van der Waals surface area (Å²) in [7, 11) is 0. The van der Waals surface area contributed by atoms with Crippen molar-refractivity contribution in [1.82, 2.24) is 0 Å². The molecule has 0 heterocycles. The van der Waals surface area contributed by atoms with Gasteiger partial charge in [-0.15, -0.1) is 0 Å². The lowest BCUT2D eigenvalue weighted by Gasteiger charge is -2.18. The van der Waals surface area contributed by atoms with Gasteiger partial charge in [-0.1, -0.05) is 57.0 Å². The second kappa shape index (κ2) is 18.0. The van der Waals surface area contributed by atoms with Crippen LogP contribution in [0.1, 0.15) is 70.8 Å². The van der Waals surface area contributed by atoms with Crippen molar-refractivity contribution in [2.24, 2.45) is 0 Å². The third-order valence-corrected chi connectivity index (χ3v) is 4.12. The first kappa shape index (κ1) is 23.7. The Labute approximate surface area is 165 Å². The van der Waals surface area contributed by atoms with Crippen molar-refractivity contribution in [3.8, 4) is 0 Å². The van der Waals surface area contributed by atoms with Gasteiger partial charge < -0.3 is 18.9 Å². The zero-order valence-electron chi connectivity index (χ0n) is 17.2. The fourth-order valence-electron chi connectivity index (χ4n) is 2.46. The summed E-state index contributed by atoms with van der Waals surface area (Å²) >= 11 is 0. The molecule has 154 valence electrons. The van der Waals surface area contributed by atoms with Gasteiger partial charge in [0.25, 0.3) is 0 Å². The van der Waals surface area contributed by atoms with Crippen molar-refractivity contribution in [1.29, 1.82) is 0 Å². The van der Waals surface area contributed by atoms with Crippen LogP contribution in [0.4, 0.5) is 0 Å². The van der Waals surface area contributed by atoms with Gasteiger partial charge in [-0.05, 0) is 50.2 Å². The molecule has 0 atom stereocenters. The summed E-state index contributed by atoms with van der Waals surface area (Å²) in [6.45, 7) is 6.80. The first-order valence-corrected chi connectivity index (χ1v) is 10.5. The molecule has 0 aliphatic carbocycles. The molecule has 0 bridgehead atoms. The van der Waals surface area contributed by atoms with Crippen LogP contribution in [0, 0.1) is 0 Å². The van der Waals surface area contributed by atoms with E-state index in [4.69, 9.17) is 18.9 Å². The maximum Gasteiger partial charge on any atom is 0.188 e. The standard InChI is InChI=1S/C23H38O4/c1-3-5-18-26-23(27-19-6-4-2)16-12-7-8-13-17-24-21-25-20-22-14-10-9-11-15-22/h9-11,13-15,17,23H,3-8,12,16,18-21H2,1-2H3. The van der Waals surface area contributed by atoms with Crippen molar-refractivity contribution in [3.63, 3.8) is 0 Å². The molecule has 1 aromatic rings. The average molecular weight is 379 g/mol. The van der Waals surface area contributed by atoms with Crippen LogP contribution in [-0.4, -0.2) is 26.3 Å². The van der Waals surface area contributed by atoms with E-state index in [-0.39, 0.29) is 13.1 Å². The Morgan fingerprint density at radius 1 is 0.889 bits per heavy atom. The lowest BCUT2D eigenvalue weighted by molar-refractivity contribution is -0.147. The Morgan fingerprint density at radius 2 is 1.59 bits per heavy atom. The minimum absolute atomic E-state index is 0.0466. The molecule has 0 aliphatic rings. The van der Waals surface area contributed by atoms with E-state index in [2.05, 4.69) is 19.9 Å². The van der Waals surface area contributed by atoms with E-state index in [0.717, 1.165) is 70.1 Å². The van der Waals surface area contributed by atoms with Crippen LogP contribution in [-0.2, 0) is 25.6 Å². The highest BCUT2D eigenvalue weighted by atomic mass is 16.7. The lowest BCUT2D eigenvalue weighted by Crippen LogP contribution is -2.18. The Morgan fingerprint density at radius 3 is 2.26 bits per heavy atom. The first-order valence-electron chi connectivity index (χ1n) is 10.5. The number of unbranched alkanes of at least 4 members (excludes halogenated alkanes) is 4. The minimum atomic E-state index is -0.0466. The van der Waals surface area contributed by atoms with Crippen LogP contribution in [0.25, 0.3) is 0 Å². The van der Waals surface area contributed by atoms with Crippen LogP contribution in [0.5, 0.6) is 0 Å². The Kier molecular flexibility index (Phi) is 15.8. The summed E-state index contributed by atoms with van der Waals surface area (Å²) in [5.74, 6) is 0. The highest BCUT2D eigenvalue weighted by molar-refractivity contribution is 5.13. The third kappa shape index (κ3) is 14.4. The summed E-state index contributed by atoms with van der Waals surface area (Å²) < 4.78 is 22.5. The molecule has 4 heteroatoms. The Hall–Kier alpha value is -1.36. The van der Waals surface area contributed by atoms with E-state index >= 15 is 0 Å². The Bertz CT molecular complexity index is 437. The normalized spacial score (nSPS) is 11.5. The van der Waals surface area contributed by atoms with Crippen LogP contribution >= 0.6 is 0 Å². The fourth-order valence-corrected chi connectivity index (χ4v) is 2.46. The molecule has 0 unspecified atom stereocenters. The van der Waals surface area contributed by atoms with Crippen molar-refractivity contribution in [2.45, 2.75) is 78.1 Å². The SMILES string of the molecule is CCCCOC(CCCCC=COCOCc1ccccc1)OCCCC. The van der Waals surface area contributed by atoms with Crippen molar-refractivity contribution in [3.05, 3.63) is 48.2 Å². The van der Waals surface area contributed by atoms with Gasteiger partial charge in [-0.25, -0.2) is 0 Å². The summed E-state index contributed by atoms with van der Waals surface area (Å²) in [6, 6.07) is 10.1. The summed E-state index contributed by atoms with van der Waals surface area (Å²) in [6.07, 6.45) is 12.4. The molecule has 1 rings (SSSR count). The van der Waals surface area contributed by atoms with Crippen LogP contribution < -0.4 is 0 Å². The molecule has 0 amide bonds. The molecule has 0 aliphatic heterocycles. The van der Waals surface area contributed by atoms with Gasteiger partial charge in [-0.3, -0.25) is 0 Å². The topological polar surface area (TPSA) is 36.9 Å². The van der Waals surface area contributed by atoms with Gasteiger partial charge >= 0.3 is 0 Å². The highest BCUT2D eigenvalue weighted by Gasteiger charge is 2.08. The largest absolute Gasteiger partial charge is 0.475 e. The molecule has 1 aromatic carbocycles. The van der Waals surface area contributed by atoms with Gasteiger partial charge in [0, 0.05) is 13.2 Å². The van der Waals surface area contributed by atoms with Gasteiger partial charge in [0.15, 0.2) is 13.1 Å². The number of allylic oxidation sites excluding steroid dienone is 1. The average Bonchev–Trinajstić information content (AvgIpc) is 2.70. The lowest BCUT2D eigenvalue weighted by atomic mass is 10.2. The Balaban J connectivity index is 2.00. The summed E-state index contributed by atoms with van der Waals surface area (Å²) in [4.78, 5) is 0. The second-order valence-corrected chi connectivity index (χ2v) is 6.65. The molecule has 0 N–H and O–H groups in total. The molecule has 0 fully saturated rings. The van der Waals surface area contributed by atoms with Gasteiger partial charge in [0.2, 0.25) is 0 Å². The first-order chi connectivity index (χ1) is 13.4. The van der Waals surface area contributed by atoms with Gasteiger partial charge in [-0.2, -0.15) is 0 Å². The molecule has 0 saturated heterocycles. The van der Waals surface area contributed by atoms with E-state index in [1.54, 1.807) is 6.26 Å².